The molecule has 1 unspecified atom stereocenters. The number of aliphatic carboxylic acids is 1. The number of nitrogens with zero attached hydrogens (tertiary/aromatic N) is 2. The number of fused-ring (bicyclic) bond motifs is 1. The maximum atomic E-state index is 14.5. The highest BCUT2D eigenvalue weighted by Crippen LogP contribution is 2.43. The normalized spacial score (nSPS) is 18.4. The summed E-state index contributed by atoms with van der Waals surface area (Å²) in [7, 11) is 0. The Balaban J connectivity index is 1.49. The number of hydrogen-bond donors (Lipinski definition) is 1. The molecule has 206 valence electrons. The Morgan fingerprint density at radius 2 is 1.85 bits per heavy atom. The number of aryl methyl sites for hydroxylation is 4. The van der Waals surface area contributed by atoms with Crippen molar-refractivity contribution in [3.05, 3.63) is 75.9 Å². The van der Waals surface area contributed by atoms with Crippen molar-refractivity contribution in [3.8, 4) is 16.9 Å². The number of ether oxygens (including phenoxy) is 1. The van der Waals surface area contributed by atoms with Crippen LogP contribution in [-0.4, -0.2) is 35.3 Å². The fourth-order valence-electron chi connectivity index (χ4n) is 6.07. The third kappa shape index (κ3) is 5.80. The van der Waals surface area contributed by atoms with E-state index >= 15 is 0 Å². The molecule has 39 heavy (non-hydrogen) atoms. The number of halogens is 1. The van der Waals surface area contributed by atoms with Crippen LogP contribution in [0.4, 0.5) is 10.1 Å². The number of carboxylic acids is 1. The minimum absolute atomic E-state index is 0.0490. The van der Waals surface area contributed by atoms with Crippen molar-refractivity contribution in [2.75, 3.05) is 18.0 Å². The Labute approximate surface area is 231 Å². The molecule has 6 heteroatoms. The molecule has 1 aromatic heterocycles. The quantitative estimate of drug-likeness (QED) is 0.372. The van der Waals surface area contributed by atoms with E-state index in [0.29, 0.717) is 12.0 Å². The Bertz CT molecular complexity index is 1400. The summed E-state index contributed by atoms with van der Waals surface area (Å²) >= 11 is 0. The minimum Gasteiger partial charge on any atom is -0.490 e. The van der Waals surface area contributed by atoms with Crippen molar-refractivity contribution in [2.45, 2.75) is 79.2 Å². The summed E-state index contributed by atoms with van der Waals surface area (Å²) in [5.74, 6) is -0.177. The van der Waals surface area contributed by atoms with Crippen LogP contribution in [0.15, 0.2) is 36.4 Å². The maximum absolute atomic E-state index is 14.5. The number of piperidine rings is 1. The number of hydrogen-bond acceptors (Lipinski definition) is 4. The highest BCUT2D eigenvalue weighted by atomic mass is 19.1. The fraction of sp³-hybridized carbons (Fsp3) is 0.455. The molecule has 0 spiro atoms. The largest absolute Gasteiger partial charge is 0.490 e. The van der Waals surface area contributed by atoms with Crippen LogP contribution in [0.25, 0.3) is 11.1 Å². The van der Waals surface area contributed by atoms with Crippen molar-refractivity contribution in [1.29, 1.82) is 0 Å². The van der Waals surface area contributed by atoms with Crippen LogP contribution in [0.1, 0.15) is 66.8 Å². The molecule has 2 aliphatic heterocycles. The molecule has 5 nitrogen and oxygen atoms in total. The zero-order valence-electron chi connectivity index (χ0n) is 23.7. The summed E-state index contributed by atoms with van der Waals surface area (Å²) < 4.78 is 20.8. The van der Waals surface area contributed by atoms with Crippen molar-refractivity contribution >= 4 is 11.7 Å². The van der Waals surface area contributed by atoms with Crippen LogP contribution in [0.5, 0.6) is 5.75 Å². The lowest BCUT2D eigenvalue weighted by molar-refractivity contribution is -0.136. The summed E-state index contributed by atoms with van der Waals surface area (Å²) in [6, 6.07) is 11.6. The molecule has 3 aromatic rings. The van der Waals surface area contributed by atoms with Crippen LogP contribution in [0, 0.1) is 32.0 Å². The van der Waals surface area contributed by atoms with Crippen LogP contribution < -0.4 is 9.64 Å². The van der Waals surface area contributed by atoms with Crippen LogP contribution >= 0.6 is 0 Å². The van der Waals surface area contributed by atoms with Gasteiger partial charge in [0.2, 0.25) is 0 Å². The molecule has 2 aliphatic rings. The molecular formula is C33H39FN2O3. The lowest BCUT2D eigenvalue weighted by Crippen LogP contribution is -2.38. The van der Waals surface area contributed by atoms with E-state index in [1.165, 1.54) is 0 Å². The molecule has 0 amide bonds. The molecule has 0 radical (unpaired) electrons. The molecule has 0 bridgehead atoms. The molecular weight excluding hydrogens is 491 g/mol. The molecule has 0 saturated carbocycles. The maximum Gasteiger partial charge on any atom is 0.307 e. The third-order valence-electron chi connectivity index (χ3n) is 8.45. The van der Waals surface area contributed by atoms with Gasteiger partial charge < -0.3 is 14.7 Å². The molecule has 2 aromatic carbocycles. The van der Waals surface area contributed by atoms with Gasteiger partial charge >= 0.3 is 5.97 Å². The minimum atomic E-state index is -0.844. The SMILES string of the molecule is Cc1ccc(CC2CCc3cc(-c4c(C)nc(C)c(CC(=O)O)c4N4CCC(C)(C)CC4)ccc3O2)c(F)c1. The highest BCUT2D eigenvalue weighted by molar-refractivity contribution is 5.86. The van der Waals surface area contributed by atoms with Crippen molar-refractivity contribution in [3.63, 3.8) is 0 Å². The van der Waals surface area contributed by atoms with Gasteiger partial charge in [-0.05, 0) is 92.3 Å². The number of carbonyl (C=O) groups is 1. The van der Waals surface area contributed by atoms with Crippen molar-refractivity contribution in [1.82, 2.24) is 4.98 Å². The second-order valence-electron chi connectivity index (χ2n) is 12.1. The van der Waals surface area contributed by atoms with Crippen molar-refractivity contribution in [2.24, 2.45) is 5.41 Å². The third-order valence-corrected chi connectivity index (χ3v) is 8.45. The van der Waals surface area contributed by atoms with Gasteiger partial charge in [-0.1, -0.05) is 32.0 Å². The first-order valence-corrected chi connectivity index (χ1v) is 14.0. The zero-order chi connectivity index (χ0) is 27.9. The summed E-state index contributed by atoms with van der Waals surface area (Å²) in [6.45, 7) is 12.2. The molecule has 1 atom stereocenters. The van der Waals surface area contributed by atoms with Gasteiger partial charge in [-0.25, -0.2) is 4.39 Å². The van der Waals surface area contributed by atoms with E-state index in [-0.39, 0.29) is 23.8 Å². The standard InChI is InChI=1S/C33H39FN2O3/c1-20-6-7-23(28(34)16-20)18-26-10-8-24-17-25(9-11-29(24)39-26)31-22(3)35-21(2)27(19-30(37)38)32(31)36-14-12-33(4,5)13-15-36/h6-7,9,11,16-17,26H,8,10,12-15,18-19H2,1-5H3,(H,37,38). The van der Waals surface area contributed by atoms with E-state index in [1.54, 1.807) is 6.07 Å². The van der Waals surface area contributed by atoms with E-state index in [2.05, 4.69) is 30.9 Å². The van der Waals surface area contributed by atoms with Gasteiger partial charge in [0.25, 0.3) is 0 Å². The van der Waals surface area contributed by atoms with E-state index in [4.69, 9.17) is 9.72 Å². The van der Waals surface area contributed by atoms with Crippen LogP contribution in [0.2, 0.25) is 0 Å². The second-order valence-corrected chi connectivity index (χ2v) is 12.1. The first-order chi connectivity index (χ1) is 18.5. The van der Waals surface area contributed by atoms with Gasteiger partial charge in [0, 0.05) is 42.0 Å². The first kappa shape index (κ1) is 27.2. The predicted octanol–water partition coefficient (Wildman–Crippen LogP) is 7.00. The van der Waals surface area contributed by atoms with Crippen LogP contribution in [0.3, 0.4) is 0 Å². The lowest BCUT2D eigenvalue weighted by Gasteiger charge is -2.40. The second kappa shape index (κ2) is 10.6. The van der Waals surface area contributed by atoms with Gasteiger partial charge in [0.05, 0.1) is 12.1 Å². The number of anilines is 1. The van der Waals surface area contributed by atoms with Crippen LogP contribution in [-0.2, 0) is 24.1 Å². The number of rotatable bonds is 6. The van der Waals surface area contributed by atoms with Crippen molar-refractivity contribution < 1.29 is 19.0 Å². The smallest absolute Gasteiger partial charge is 0.307 e. The van der Waals surface area contributed by atoms with E-state index < -0.39 is 5.97 Å². The first-order valence-electron chi connectivity index (χ1n) is 14.0. The number of aromatic nitrogens is 1. The summed E-state index contributed by atoms with van der Waals surface area (Å²) in [4.78, 5) is 19.1. The molecule has 5 rings (SSSR count). The molecule has 1 N–H and O–H groups in total. The van der Waals surface area contributed by atoms with Gasteiger partial charge in [0.15, 0.2) is 0 Å². The monoisotopic (exact) mass is 530 g/mol. The van der Waals surface area contributed by atoms with Gasteiger partial charge in [0.1, 0.15) is 17.7 Å². The molecule has 0 aliphatic carbocycles. The Kier molecular flexibility index (Phi) is 7.41. The van der Waals surface area contributed by atoms with E-state index in [1.807, 2.05) is 39.0 Å². The topological polar surface area (TPSA) is 62.7 Å². The lowest BCUT2D eigenvalue weighted by atomic mass is 9.82. The Hall–Kier alpha value is -3.41. The number of carboxylic acid groups (broad SMARTS) is 1. The van der Waals surface area contributed by atoms with E-state index in [0.717, 1.165) is 89.4 Å². The molecule has 3 heterocycles. The highest BCUT2D eigenvalue weighted by Gasteiger charge is 2.31. The number of pyridine rings is 1. The number of benzene rings is 2. The Morgan fingerprint density at radius 1 is 1.10 bits per heavy atom. The van der Waals surface area contributed by atoms with Gasteiger partial charge in [-0.2, -0.15) is 0 Å². The molecule has 1 saturated heterocycles. The van der Waals surface area contributed by atoms with Gasteiger partial charge in [-0.15, -0.1) is 0 Å². The van der Waals surface area contributed by atoms with Gasteiger partial charge in [-0.3, -0.25) is 9.78 Å². The molecule has 1 fully saturated rings. The average molecular weight is 531 g/mol. The Morgan fingerprint density at radius 3 is 2.54 bits per heavy atom. The summed E-state index contributed by atoms with van der Waals surface area (Å²) in [5, 5.41) is 9.76. The average Bonchev–Trinajstić information content (AvgIpc) is 2.87. The summed E-state index contributed by atoms with van der Waals surface area (Å²) in [5.41, 5.74) is 8.57. The zero-order valence-corrected chi connectivity index (χ0v) is 23.7. The van der Waals surface area contributed by atoms with E-state index in [9.17, 15) is 14.3 Å². The fourth-order valence-corrected chi connectivity index (χ4v) is 6.07. The summed E-state index contributed by atoms with van der Waals surface area (Å²) in [6.07, 6.45) is 4.19. The predicted molar refractivity (Wildman–Crippen MR) is 153 cm³/mol.